The highest BCUT2D eigenvalue weighted by Gasteiger charge is 2.29. The smallest absolute Gasteiger partial charge is 0.152 e. The van der Waals surface area contributed by atoms with Crippen LogP contribution in [-0.2, 0) is 9.84 Å². The van der Waals surface area contributed by atoms with Crippen molar-refractivity contribution in [1.82, 2.24) is 9.80 Å². The maximum Gasteiger partial charge on any atom is 0.152 e. The number of likely N-dealkylation sites (tertiary alicyclic amines) is 1. The van der Waals surface area contributed by atoms with Crippen molar-refractivity contribution in [3.05, 3.63) is 77.4 Å². The third kappa shape index (κ3) is 5.79. The number of piperidine rings is 1. The average Bonchev–Trinajstić information content (AvgIpc) is 2.77. The van der Waals surface area contributed by atoms with Crippen molar-refractivity contribution in [1.29, 1.82) is 0 Å². The monoisotopic (exact) mass is 446 g/mol. The molecule has 2 aliphatic rings. The van der Waals surface area contributed by atoms with Crippen molar-refractivity contribution in [3.8, 4) is 0 Å². The highest BCUT2D eigenvalue weighted by atomic mass is 32.2. The molecule has 2 fully saturated rings. The van der Waals surface area contributed by atoms with Crippen LogP contribution in [0.1, 0.15) is 24.0 Å². The fraction of sp³-hybridized carbons (Fsp3) is 0.417. The van der Waals surface area contributed by atoms with Crippen molar-refractivity contribution in [2.24, 2.45) is 0 Å². The highest BCUT2D eigenvalue weighted by Crippen LogP contribution is 2.25. The Hall–Kier alpha value is -2.09. The van der Waals surface area contributed by atoms with Crippen LogP contribution in [0, 0.1) is 11.6 Å². The van der Waals surface area contributed by atoms with E-state index in [1.165, 1.54) is 24.3 Å². The Bertz CT molecular complexity index is 951. The zero-order valence-electron chi connectivity index (χ0n) is 17.5. The first-order valence-corrected chi connectivity index (χ1v) is 12.6. The first-order valence-electron chi connectivity index (χ1n) is 10.8. The SMILES string of the molecule is O=S1(=O)CCN(C2CCN(CC=C(c3ccc(F)cc3)c3ccc(F)cc3)CC2)CC1. The van der Waals surface area contributed by atoms with Gasteiger partial charge in [-0.2, -0.15) is 0 Å². The molecule has 166 valence electrons. The summed E-state index contributed by atoms with van der Waals surface area (Å²) in [6, 6.07) is 13.2. The van der Waals surface area contributed by atoms with Crippen LogP contribution in [0.15, 0.2) is 54.6 Å². The summed E-state index contributed by atoms with van der Waals surface area (Å²) in [6.45, 7) is 3.94. The van der Waals surface area contributed by atoms with Crippen LogP contribution in [-0.4, -0.2) is 68.5 Å². The molecule has 0 aliphatic carbocycles. The van der Waals surface area contributed by atoms with Gasteiger partial charge in [-0.15, -0.1) is 0 Å². The number of rotatable bonds is 5. The molecular formula is C24H28F2N2O2S. The second-order valence-corrected chi connectivity index (χ2v) is 10.7. The summed E-state index contributed by atoms with van der Waals surface area (Å²) in [6.07, 6.45) is 4.18. The predicted molar refractivity (Wildman–Crippen MR) is 120 cm³/mol. The van der Waals surface area contributed by atoms with E-state index in [2.05, 4.69) is 15.9 Å². The molecule has 2 saturated heterocycles. The maximum atomic E-state index is 13.4. The molecule has 0 atom stereocenters. The predicted octanol–water partition coefficient (Wildman–Crippen LogP) is 3.59. The summed E-state index contributed by atoms with van der Waals surface area (Å²) in [5.74, 6) is -0.0203. The van der Waals surface area contributed by atoms with Gasteiger partial charge in [0.25, 0.3) is 0 Å². The summed E-state index contributed by atoms with van der Waals surface area (Å²) in [5, 5.41) is 0. The largest absolute Gasteiger partial charge is 0.300 e. The van der Waals surface area contributed by atoms with Gasteiger partial charge in [-0.1, -0.05) is 30.3 Å². The van der Waals surface area contributed by atoms with Gasteiger partial charge in [0.05, 0.1) is 11.5 Å². The van der Waals surface area contributed by atoms with Crippen LogP contribution in [0.4, 0.5) is 8.78 Å². The molecule has 4 rings (SSSR count). The molecule has 0 radical (unpaired) electrons. The average molecular weight is 447 g/mol. The van der Waals surface area contributed by atoms with E-state index in [0.29, 0.717) is 19.1 Å². The van der Waals surface area contributed by atoms with E-state index in [4.69, 9.17) is 0 Å². The molecule has 2 aromatic carbocycles. The zero-order valence-corrected chi connectivity index (χ0v) is 18.3. The number of hydrogen-bond donors (Lipinski definition) is 0. The lowest BCUT2D eigenvalue weighted by molar-refractivity contribution is 0.122. The third-order valence-corrected chi connectivity index (χ3v) is 7.93. The summed E-state index contributed by atoms with van der Waals surface area (Å²) in [5.41, 5.74) is 2.76. The first-order chi connectivity index (χ1) is 14.9. The molecule has 0 amide bonds. The number of nitrogens with zero attached hydrogens (tertiary/aromatic N) is 2. The molecule has 0 spiro atoms. The van der Waals surface area contributed by atoms with E-state index in [9.17, 15) is 17.2 Å². The fourth-order valence-electron chi connectivity index (χ4n) is 4.44. The van der Waals surface area contributed by atoms with Crippen molar-refractivity contribution < 1.29 is 17.2 Å². The normalized spacial score (nSPS) is 20.5. The maximum absolute atomic E-state index is 13.4. The number of sulfone groups is 1. The molecule has 0 bridgehead atoms. The first kappa shape index (κ1) is 22.1. The standard InChI is InChI=1S/C24H28F2N2O2S/c25-21-5-1-19(2-6-21)24(20-3-7-22(26)8-4-20)11-14-27-12-9-23(10-13-27)28-15-17-31(29,30)18-16-28/h1-8,11,23H,9-10,12-18H2. The molecule has 2 aliphatic heterocycles. The lowest BCUT2D eigenvalue weighted by atomic mass is 9.97. The molecule has 0 N–H and O–H groups in total. The van der Waals surface area contributed by atoms with Crippen LogP contribution in [0.2, 0.25) is 0 Å². The Labute approximate surface area is 183 Å². The van der Waals surface area contributed by atoms with Gasteiger partial charge in [-0.3, -0.25) is 9.80 Å². The van der Waals surface area contributed by atoms with E-state index in [1.54, 1.807) is 24.3 Å². The van der Waals surface area contributed by atoms with Gasteiger partial charge < -0.3 is 0 Å². The van der Waals surface area contributed by atoms with Gasteiger partial charge in [0, 0.05) is 25.7 Å². The third-order valence-electron chi connectivity index (χ3n) is 6.32. The molecule has 7 heteroatoms. The summed E-state index contributed by atoms with van der Waals surface area (Å²) < 4.78 is 50.1. The van der Waals surface area contributed by atoms with Gasteiger partial charge in [0.1, 0.15) is 11.6 Å². The van der Waals surface area contributed by atoms with Crippen molar-refractivity contribution in [2.75, 3.05) is 44.2 Å². The van der Waals surface area contributed by atoms with E-state index in [-0.39, 0.29) is 23.1 Å². The van der Waals surface area contributed by atoms with E-state index in [0.717, 1.165) is 49.2 Å². The molecule has 0 aromatic heterocycles. The number of hydrogen-bond acceptors (Lipinski definition) is 4. The van der Waals surface area contributed by atoms with E-state index in [1.807, 2.05) is 0 Å². The minimum absolute atomic E-state index is 0.272. The summed E-state index contributed by atoms with van der Waals surface area (Å²) in [4.78, 5) is 4.71. The minimum Gasteiger partial charge on any atom is -0.300 e. The topological polar surface area (TPSA) is 40.6 Å². The van der Waals surface area contributed by atoms with Crippen molar-refractivity contribution >= 4 is 15.4 Å². The van der Waals surface area contributed by atoms with E-state index < -0.39 is 9.84 Å². The Morgan fingerprint density at radius 1 is 0.839 bits per heavy atom. The van der Waals surface area contributed by atoms with Gasteiger partial charge in [0.15, 0.2) is 9.84 Å². The Morgan fingerprint density at radius 3 is 1.81 bits per heavy atom. The Balaban J connectivity index is 1.41. The molecule has 4 nitrogen and oxygen atoms in total. The molecule has 0 unspecified atom stereocenters. The van der Waals surface area contributed by atoms with Gasteiger partial charge in [-0.05, 0) is 66.9 Å². The number of halogens is 2. The van der Waals surface area contributed by atoms with Crippen LogP contribution < -0.4 is 0 Å². The van der Waals surface area contributed by atoms with Crippen LogP contribution in [0.25, 0.3) is 5.57 Å². The van der Waals surface area contributed by atoms with Crippen molar-refractivity contribution in [2.45, 2.75) is 18.9 Å². The second kappa shape index (κ2) is 9.59. The van der Waals surface area contributed by atoms with Crippen LogP contribution >= 0.6 is 0 Å². The minimum atomic E-state index is -2.85. The molecule has 0 saturated carbocycles. The molecular weight excluding hydrogens is 418 g/mol. The van der Waals surface area contributed by atoms with Gasteiger partial charge >= 0.3 is 0 Å². The molecule has 2 heterocycles. The molecule has 31 heavy (non-hydrogen) atoms. The highest BCUT2D eigenvalue weighted by molar-refractivity contribution is 7.91. The summed E-state index contributed by atoms with van der Waals surface area (Å²) >= 11 is 0. The quantitative estimate of drug-likeness (QED) is 0.704. The van der Waals surface area contributed by atoms with Gasteiger partial charge in [-0.25, -0.2) is 17.2 Å². The van der Waals surface area contributed by atoms with Crippen LogP contribution in [0.5, 0.6) is 0 Å². The molecule has 2 aromatic rings. The van der Waals surface area contributed by atoms with Gasteiger partial charge in [0.2, 0.25) is 0 Å². The fourth-order valence-corrected chi connectivity index (χ4v) is 5.67. The Morgan fingerprint density at radius 2 is 1.32 bits per heavy atom. The van der Waals surface area contributed by atoms with Crippen LogP contribution in [0.3, 0.4) is 0 Å². The Kier molecular flexibility index (Phi) is 6.84. The number of benzene rings is 2. The lowest BCUT2D eigenvalue weighted by Gasteiger charge is -2.39. The van der Waals surface area contributed by atoms with Crippen molar-refractivity contribution in [3.63, 3.8) is 0 Å². The second-order valence-electron chi connectivity index (χ2n) is 8.35. The lowest BCUT2D eigenvalue weighted by Crippen LogP contribution is -2.50. The summed E-state index contributed by atoms with van der Waals surface area (Å²) in [7, 11) is -2.85. The zero-order chi connectivity index (χ0) is 21.8. The van der Waals surface area contributed by atoms with E-state index >= 15 is 0 Å².